The number of oxazole rings is 1. The van der Waals surface area contributed by atoms with Crippen LogP contribution in [0, 0.1) is 0 Å². The zero-order valence-electron chi connectivity index (χ0n) is 13.3. The van der Waals surface area contributed by atoms with E-state index in [9.17, 15) is 14.4 Å². The van der Waals surface area contributed by atoms with E-state index in [1.165, 1.54) is 4.57 Å². The molecule has 124 valence electrons. The van der Waals surface area contributed by atoms with Crippen molar-refractivity contribution in [1.29, 1.82) is 0 Å². The maximum Gasteiger partial charge on any atom is 0.419 e. The number of nitrogens with one attached hydrogen (secondary N) is 2. The van der Waals surface area contributed by atoms with Crippen molar-refractivity contribution in [3.63, 3.8) is 0 Å². The minimum Gasteiger partial charge on any atom is -0.408 e. The molecule has 0 bridgehead atoms. The molecular formula is C16H21N3O4. The summed E-state index contributed by atoms with van der Waals surface area (Å²) in [5.41, 5.74) is 1.25. The summed E-state index contributed by atoms with van der Waals surface area (Å²) in [6.07, 6.45) is 0.724. The van der Waals surface area contributed by atoms with Gasteiger partial charge in [0.2, 0.25) is 11.8 Å². The molecule has 0 unspecified atom stereocenters. The summed E-state index contributed by atoms with van der Waals surface area (Å²) in [6.45, 7) is 4.06. The van der Waals surface area contributed by atoms with Crippen LogP contribution >= 0.6 is 0 Å². The SMILES string of the molecule is CC(C)NC(=O)CNC(=O)CCCn1c(=O)oc2ccccc21. The molecule has 0 aliphatic rings. The number of hydrogen-bond donors (Lipinski definition) is 2. The number of nitrogens with zero attached hydrogens (tertiary/aromatic N) is 1. The summed E-state index contributed by atoms with van der Waals surface area (Å²) < 4.78 is 6.63. The number of carbonyl (C=O) groups excluding carboxylic acids is 2. The molecule has 7 heteroatoms. The molecule has 2 N–H and O–H groups in total. The Balaban J connectivity index is 1.80. The number of hydrogen-bond acceptors (Lipinski definition) is 4. The lowest BCUT2D eigenvalue weighted by Crippen LogP contribution is -2.39. The van der Waals surface area contributed by atoms with Crippen molar-refractivity contribution >= 4 is 22.9 Å². The van der Waals surface area contributed by atoms with E-state index in [0.29, 0.717) is 24.1 Å². The number of fused-ring (bicyclic) bond motifs is 1. The molecule has 1 aromatic heterocycles. The Bertz CT molecular complexity index is 745. The van der Waals surface area contributed by atoms with Crippen LogP contribution in [0.4, 0.5) is 0 Å². The van der Waals surface area contributed by atoms with Gasteiger partial charge in [0, 0.05) is 19.0 Å². The van der Waals surface area contributed by atoms with Gasteiger partial charge in [0.1, 0.15) is 0 Å². The number of aromatic nitrogens is 1. The maximum atomic E-state index is 11.8. The van der Waals surface area contributed by atoms with Crippen LogP contribution in [0.15, 0.2) is 33.5 Å². The van der Waals surface area contributed by atoms with Gasteiger partial charge in [-0.05, 0) is 32.4 Å². The van der Waals surface area contributed by atoms with Crippen LogP contribution in [0.25, 0.3) is 11.1 Å². The summed E-state index contributed by atoms with van der Waals surface area (Å²) >= 11 is 0. The van der Waals surface area contributed by atoms with Gasteiger partial charge in [-0.1, -0.05) is 12.1 Å². The van der Waals surface area contributed by atoms with Crippen LogP contribution in [0.3, 0.4) is 0 Å². The van der Waals surface area contributed by atoms with Gasteiger partial charge in [0.05, 0.1) is 12.1 Å². The molecular weight excluding hydrogens is 298 g/mol. The van der Waals surface area contributed by atoms with E-state index in [1.807, 2.05) is 19.9 Å². The van der Waals surface area contributed by atoms with Crippen molar-refractivity contribution in [3.05, 3.63) is 34.8 Å². The molecule has 2 amide bonds. The summed E-state index contributed by atoms with van der Waals surface area (Å²) in [6, 6.07) is 7.20. The Hall–Kier alpha value is -2.57. The first-order chi connectivity index (χ1) is 11.0. The van der Waals surface area contributed by atoms with Crippen LogP contribution in [0.1, 0.15) is 26.7 Å². The predicted octanol–water partition coefficient (Wildman–Crippen LogP) is 1.02. The smallest absolute Gasteiger partial charge is 0.408 e. The fourth-order valence-corrected chi connectivity index (χ4v) is 2.26. The zero-order chi connectivity index (χ0) is 16.8. The summed E-state index contributed by atoms with van der Waals surface area (Å²) in [4.78, 5) is 34.9. The first-order valence-electron chi connectivity index (χ1n) is 7.62. The third-order valence-electron chi connectivity index (χ3n) is 3.26. The largest absolute Gasteiger partial charge is 0.419 e. The molecule has 0 fully saturated rings. The second-order valence-electron chi connectivity index (χ2n) is 5.59. The fourth-order valence-electron chi connectivity index (χ4n) is 2.26. The molecule has 0 aliphatic heterocycles. The topological polar surface area (TPSA) is 93.3 Å². The van der Waals surface area contributed by atoms with Gasteiger partial charge >= 0.3 is 5.76 Å². The van der Waals surface area contributed by atoms with Crippen LogP contribution in [-0.4, -0.2) is 29.0 Å². The van der Waals surface area contributed by atoms with Crippen molar-refractivity contribution in [2.75, 3.05) is 6.54 Å². The number of aryl methyl sites for hydroxylation is 1. The van der Waals surface area contributed by atoms with Gasteiger partial charge in [0.25, 0.3) is 0 Å². The molecule has 0 saturated carbocycles. The number of amides is 2. The minimum absolute atomic E-state index is 0.0361. The third kappa shape index (κ3) is 4.70. The van der Waals surface area contributed by atoms with Gasteiger partial charge < -0.3 is 15.1 Å². The molecule has 0 aliphatic carbocycles. The van der Waals surface area contributed by atoms with Gasteiger partial charge in [-0.25, -0.2) is 4.79 Å². The normalized spacial score (nSPS) is 10.9. The molecule has 7 nitrogen and oxygen atoms in total. The Labute approximate surface area is 133 Å². The minimum atomic E-state index is -0.428. The summed E-state index contributed by atoms with van der Waals surface area (Å²) in [5, 5.41) is 5.25. The van der Waals surface area contributed by atoms with E-state index in [-0.39, 0.29) is 30.8 Å². The average molecular weight is 319 g/mol. The average Bonchev–Trinajstić information content (AvgIpc) is 2.80. The highest BCUT2D eigenvalue weighted by molar-refractivity contribution is 5.84. The highest BCUT2D eigenvalue weighted by atomic mass is 16.4. The maximum absolute atomic E-state index is 11.8. The lowest BCUT2D eigenvalue weighted by Gasteiger charge is -2.09. The standard InChI is InChI=1S/C16H21N3O4/c1-11(2)18-15(21)10-17-14(20)8-5-9-19-12-6-3-4-7-13(12)23-16(19)22/h3-4,6-7,11H,5,8-10H2,1-2H3,(H,17,20)(H,18,21). The number of carbonyl (C=O) groups is 2. The van der Waals surface area contributed by atoms with Crippen molar-refractivity contribution in [2.24, 2.45) is 0 Å². The van der Waals surface area contributed by atoms with Gasteiger partial charge in [-0.3, -0.25) is 14.2 Å². The Morgan fingerprint density at radius 2 is 1.96 bits per heavy atom. The van der Waals surface area contributed by atoms with Crippen LogP contribution < -0.4 is 16.4 Å². The van der Waals surface area contributed by atoms with Gasteiger partial charge in [-0.2, -0.15) is 0 Å². The van der Waals surface area contributed by atoms with E-state index in [1.54, 1.807) is 18.2 Å². The highest BCUT2D eigenvalue weighted by Gasteiger charge is 2.10. The molecule has 2 rings (SSSR count). The van der Waals surface area contributed by atoms with Gasteiger partial charge in [-0.15, -0.1) is 0 Å². The van der Waals surface area contributed by atoms with Crippen molar-refractivity contribution in [2.45, 2.75) is 39.3 Å². The van der Waals surface area contributed by atoms with Crippen LogP contribution in [-0.2, 0) is 16.1 Å². The molecule has 1 aromatic carbocycles. The highest BCUT2D eigenvalue weighted by Crippen LogP contribution is 2.12. The van der Waals surface area contributed by atoms with E-state index < -0.39 is 5.76 Å². The van der Waals surface area contributed by atoms with Gasteiger partial charge in [0.15, 0.2) is 5.58 Å². The Morgan fingerprint density at radius 1 is 1.22 bits per heavy atom. The number of rotatable bonds is 7. The van der Waals surface area contributed by atoms with E-state index in [0.717, 1.165) is 0 Å². The van der Waals surface area contributed by atoms with Crippen LogP contribution in [0.2, 0.25) is 0 Å². The fraction of sp³-hybridized carbons (Fsp3) is 0.438. The Kier molecular flexibility index (Phi) is 5.56. The second kappa shape index (κ2) is 7.62. The van der Waals surface area contributed by atoms with E-state index in [2.05, 4.69) is 10.6 Å². The molecule has 23 heavy (non-hydrogen) atoms. The molecule has 0 saturated heterocycles. The predicted molar refractivity (Wildman–Crippen MR) is 86.0 cm³/mol. The second-order valence-corrected chi connectivity index (χ2v) is 5.59. The number of para-hydroxylation sites is 2. The molecule has 0 radical (unpaired) electrons. The van der Waals surface area contributed by atoms with Crippen LogP contribution in [0.5, 0.6) is 0 Å². The number of benzene rings is 1. The Morgan fingerprint density at radius 3 is 2.70 bits per heavy atom. The molecule has 2 aromatic rings. The van der Waals surface area contributed by atoms with Crippen molar-refractivity contribution in [3.8, 4) is 0 Å². The lowest BCUT2D eigenvalue weighted by molar-refractivity contribution is -0.126. The zero-order valence-corrected chi connectivity index (χ0v) is 13.3. The monoisotopic (exact) mass is 319 g/mol. The van der Waals surface area contributed by atoms with E-state index in [4.69, 9.17) is 4.42 Å². The molecule has 0 atom stereocenters. The quantitative estimate of drug-likeness (QED) is 0.796. The summed E-state index contributed by atoms with van der Waals surface area (Å²) in [7, 11) is 0. The first-order valence-corrected chi connectivity index (χ1v) is 7.62. The first kappa shape index (κ1) is 16.8. The van der Waals surface area contributed by atoms with Crippen molar-refractivity contribution < 1.29 is 14.0 Å². The third-order valence-corrected chi connectivity index (χ3v) is 3.26. The van der Waals surface area contributed by atoms with Crippen molar-refractivity contribution in [1.82, 2.24) is 15.2 Å². The lowest BCUT2D eigenvalue weighted by atomic mass is 10.2. The molecule has 1 heterocycles. The molecule has 0 spiro atoms. The van der Waals surface area contributed by atoms with E-state index >= 15 is 0 Å². The summed E-state index contributed by atoms with van der Waals surface area (Å²) in [5.74, 6) is -0.863.